The van der Waals surface area contributed by atoms with Crippen LogP contribution < -0.4 is 10.6 Å². The molecule has 2 aromatic rings. The van der Waals surface area contributed by atoms with Gasteiger partial charge in [0.25, 0.3) is 0 Å². The Morgan fingerprint density at radius 3 is 2.69 bits per heavy atom. The first-order chi connectivity index (χ1) is 15.1. The number of guanidine groups is 1. The molecule has 2 heterocycles. The average molecular weight is 553 g/mol. The summed E-state index contributed by atoms with van der Waals surface area (Å²) in [6.45, 7) is 6.71. The van der Waals surface area contributed by atoms with Crippen molar-refractivity contribution in [3.8, 4) is 0 Å². The van der Waals surface area contributed by atoms with E-state index in [4.69, 9.17) is 4.99 Å². The maximum atomic E-state index is 12.1. The van der Waals surface area contributed by atoms with Gasteiger partial charge in [-0.05, 0) is 43.1 Å². The summed E-state index contributed by atoms with van der Waals surface area (Å²) >= 11 is 0. The van der Waals surface area contributed by atoms with E-state index < -0.39 is 0 Å². The first-order valence-corrected chi connectivity index (χ1v) is 11.1. The first-order valence-electron chi connectivity index (χ1n) is 11.1. The molecule has 0 aliphatic carbocycles. The highest BCUT2D eigenvalue weighted by atomic mass is 127. The zero-order valence-corrected chi connectivity index (χ0v) is 21.7. The molecule has 3 rings (SSSR count). The van der Waals surface area contributed by atoms with Crippen LogP contribution in [0.4, 0.5) is 0 Å². The van der Waals surface area contributed by atoms with Crippen LogP contribution in [0.2, 0.25) is 0 Å². The van der Waals surface area contributed by atoms with Gasteiger partial charge in [-0.2, -0.15) is 5.10 Å². The minimum Gasteiger partial charge on any atom is -0.355 e. The molecule has 0 saturated carbocycles. The van der Waals surface area contributed by atoms with E-state index in [0.29, 0.717) is 25.1 Å². The van der Waals surface area contributed by atoms with Crippen LogP contribution in [0, 0.1) is 0 Å². The number of benzene rings is 1. The number of amides is 1. The molecule has 1 aliphatic rings. The monoisotopic (exact) mass is 553 g/mol. The number of likely N-dealkylation sites (tertiary alicyclic amines) is 1. The second kappa shape index (κ2) is 13.4. The number of nitrogens with zero attached hydrogens (tertiary/aromatic N) is 5. The first kappa shape index (κ1) is 26.1. The van der Waals surface area contributed by atoms with Gasteiger partial charge in [-0.1, -0.05) is 31.2 Å². The fourth-order valence-corrected chi connectivity index (χ4v) is 3.85. The lowest BCUT2D eigenvalue weighted by molar-refractivity contribution is -0.127. The molecule has 2 N–H and O–H groups in total. The lowest BCUT2D eigenvalue weighted by Gasteiger charge is -2.24. The van der Waals surface area contributed by atoms with Crippen LogP contribution in [0.3, 0.4) is 0 Å². The van der Waals surface area contributed by atoms with E-state index in [1.54, 1.807) is 25.2 Å². The van der Waals surface area contributed by atoms with Crippen molar-refractivity contribution in [1.29, 1.82) is 0 Å². The van der Waals surface area contributed by atoms with E-state index in [2.05, 4.69) is 39.7 Å². The molecule has 9 heteroatoms. The number of nitrogens with one attached hydrogen (secondary N) is 2. The van der Waals surface area contributed by atoms with Gasteiger partial charge in [0.15, 0.2) is 5.96 Å². The smallest absolute Gasteiger partial charge is 0.241 e. The Bertz CT molecular complexity index is 854. The summed E-state index contributed by atoms with van der Waals surface area (Å²) in [5.41, 5.74) is 2.33. The molecule has 1 atom stereocenters. The highest BCUT2D eigenvalue weighted by Gasteiger charge is 2.23. The summed E-state index contributed by atoms with van der Waals surface area (Å²) < 4.78 is 1.91. The van der Waals surface area contributed by atoms with Crippen molar-refractivity contribution in [3.63, 3.8) is 0 Å². The Balaban J connectivity index is 0.00000363. The number of likely N-dealkylation sites (N-methyl/N-ethyl adjacent to an activating group) is 2. The zero-order chi connectivity index (χ0) is 22.1. The maximum absolute atomic E-state index is 12.1. The van der Waals surface area contributed by atoms with Crippen molar-refractivity contribution in [2.45, 2.75) is 38.9 Å². The normalized spacial score (nSPS) is 16.5. The quantitative estimate of drug-likeness (QED) is 0.283. The molecule has 8 nitrogen and oxygen atoms in total. The molecule has 1 aromatic carbocycles. The fraction of sp³-hybridized carbons (Fsp3) is 0.522. The van der Waals surface area contributed by atoms with Crippen LogP contribution in [0.25, 0.3) is 0 Å². The number of carbonyl (C=O) groups excluding carboxylic acids is 1. The third-order valence-electron chi connectivity index (χ3n) is 5.73. The summed E-state index contributed by atoms with van der Waals surface area (Å²) in [6.07, 6.45) is 6.18. The molecule has 1 amide bonds. The van der Waals surface area contributed by atoms with E-state index in [1.165, 1.54) is 18.4 Å². The Morgan fingerprint density at radius 2 is 2.00 bits per heavy atom. The number of aliphatic imine (C=N–C) groups is 1. The van der Waals surface area contributed by atoms with Crippen molar-refractivity contribution >= 4 is 35.8 Å². The highest BCUT2D eigenvalue weighted by molar-refractivity contribution is 14.0. The summed E-state index contributed by atoms with van der Waals surface area (Å²) in [7, 11) is 3.52. The third-order valence-corrected chi connectivity index (χ3v) is 5.73. The van der Waals surface area contributed by atoms with Crippen molar-refractivity contribution in [1.82, 2.24) is 30.2 Å². The van der Waals surface area contributed by atoms with E-state index in [1.807, 2.05) is 29.1 Å². The lowest BCUT2D eigenvalue weighted by atomic mass is 10.1. The Labute approximate surface area is 208 Å². The van der Waals surface area contributed by atoms with Crippen molar-refractivity contribution < 1.29 is 4.79 Å². The standard InChI is InChI=1S/C23H35N7O.HI/c1-4-29-13-7-11-21(29)16-25-23(26-17-22(31)28(2)3)24-15-19-9-5-6-10-20(19)18-30-14-8-12-27-30;/h5-6,8-10,12,14,21H,4,7,11,13,15-18H2,1-3H3,(H2,24,25,26);1H. The predicted molar refractivity (Wildman–Crippen MR) is 139 cm³/mol. The van der Waals surface area contributed by atoms with Gasteiger partial charge in [0.2, 0.25) is 5.91 Å². The summed E-state index contributed by atoms with van der Waals surface area (Å²) in [6, 6.07) is 10.7. The molecule has 176 valence electrons. The number of rotatable bonds is 9. The largest absolute Gasteiger partial charge is 0.355 e. The molecule has 1 saturated heterocycles. The van der Waals surface area contributed by atoms with Gasteiger partial charge in [0, 0.05) is 39.1 Å². The highest BCUT2D eigenvalue weighted by Crippen LogP contribution is 2.15. The molecule has 0 spiro atoms. The second-order valence-electron chi connectivity index (χ2n) is 8.08. The van der Waals surface area contributed by atoms with Crippen LogP contribution in [0.1, 0.15) is 30.9 Å². The SMILES string of the molecule is CCN1CCCC1CNC(=NCc1ccccc1Cn1cccn1)NCC(=O)N(C)C.I. The third kappa shape index (κ3) is 7.77. The zero-order valence-electron chi connectivity index (χ0n) is 19.3. The Morgan fingerprint density at radius 1 is 1.22 bits per heavy atom. The van der Waals surface area contributed by atoms with Crippen LogP contribution in [-0.4, -0.2) is 77.8 Å². The van der Waals surface area contributed by atoms with Gasteiger partial charge < -0.3 is 15.5 Å². The number of carbonyl (C=O) groups is 1. The molecule has 0 bridgehead atoms. The van der Waals surface area contributed by atoms with Gasteiger partial charge in [-0.3, -0.25) is 14.4 Å². The van der Waals surface area contributed by atoms with Gasteiger partial charge in [0.05, 0.1) is 19.6 Å². The Kier molecular flexibility index (Phi) is 10.9. The topological polar surface area (TPSA) is 77.8 Å². The van der Waals surface area contributed by atoms with Crippen LogP contribution in [0.5, 0.6) is 0 Å². The molecule has 1 aliphatic heterocycles. The van der Waals surface area contributed by atoms with Crippen molar-refractivity contribution in [3.05, 3.63) is 53.9 Å². The van der Waals surface area contributed by atoms with Gasteiger partial charge >= 0.3 is 0 Å². The number of halogens is 1. The van der Waals surface area contributed by atoms with Gasteiger partial charge in [-0.15, -0.1) is 24.0 Å². The molecular formula is C23H36IN7O. The molecule has 1 aromatic heterocycles. The molecule has 1 unspecified atom stereocenters. The number of aromatic nitrogens is 2. The van der Waals surface area contributed by atoms with Crippen LogP contribution in [-0.2, 0) is 17.9 Å². The van der Waals surface area contributed by atoms with E-state index in [0.717, 1.165) is 25.2 Å². The number of hydrogen-bond acceptors (Lipinski definition) is 4. The minimum atomic E-state index is 0. The molecule has 1 fully saturated rings. The van der Waals surface area contributed by atoms with Crippen molar-refractivity contribution in [2.24, 2.45) is 4.99 Å². The van der Waals surface area contributed by atoms with E-state index in [9.17, 15) is 4.79 Å². The molecule has 32 heavy (non-hydrogen) atoms. The summed E-state index contributed by atoms with van der Waals surface area (Å²) in [5, 5.41) is 11.0. The molecular weight excluding hydrogens is 517 g/mol. The minimum absolute atomic E-state index is 0. The predicted octanol–water partition coefficient (Wildman–Crippen LogP) is 2.16. The Hall–Kier alpha value is -2.14. The fourth-order valence-electron chi connectivity index (χ4n) is 3.85. The van der Waals surface area contributed by atoms with E-state index in [-0.39, 0.29) is 36.4 Å². The van der Waals surface area contributed by atoms with E-state index >= 15 is 0 Å². The van der Waals surface area contributed by atoms with Crippen LogP contribution in [0.15, 0.2) is 47.7 Å². The second-order valence-corrected chi connectivity index (χ2v) is 8.08. The summed E-state index contributed by atoms with van der Waals surface area (Å²) in [4.78, 5) is 21.0. The van der Waals surface area contributed by atoms with Gasteiger partial charge in [0.1, 0.15) is 0 Å². The number of hydrogen-bond donors (Lipinski definition) is 2. The maximum Gasteiger partial charge on any atom is 0.241 e. The summed E-state index contributed by atoms with van der Waals surface area (Å²) in [5.74, 6) is 0.691. The lowest BCUT2D eigenvalue weighted by Crippen LogP contribution is -2.47. The van der Waals surface area contributed by atoms with Gasteiger partial charge in [-0.25, -0.2) is 4.99 Å². The van der Waals surface area contributed by atoms with Crippen molar-refractivity contribution in [2.75, 3.05) is 40.3 Å². The van der Waals surface area contributed by atoms with Crippen LogP contribution >= 0.6 is 24.0 Å². The molecule has 0 radical (unpaired) electrons. The average Bonchev–Trinajstić information content (AvgIpc) is 3.45.